The molecule has 0 aliphatic carbocycles. The Bertz CT molecular complexity index is 1380. The minimum atomic E-state index is -3.83. The topological polar surface area (TPSA) is 152 Å². The zero-order valence-corrected chi connectivity index (χ0v) is 17.4. The van der Waals surface area contributed by atoms with Crippen molar-refractivity contribution in [3.05, 3.63) is 74.6 Å². The highest BCUT2D eigenvalue weighted by Crippen LogP contribution is 2.25. The molecule has 1 amide bonds. The number of nitrogens with one attached hydrogen (secondary N) is 2. The summed E-state index contributed by atoms with van der Waals surface area (Å²) in [7, 11) is -3.83. The van der Waals surface area contributed by atoms with E-state index in [-0.39, 0.29) is 59.0 Å². The Morgan fingerprint density at radius 1 is 1.12 bits per heavy atom. The van der Waals surface area contributed by atoms with Crippen LogP contribution in [0.3, 0.4) is 0 Å². The number of anilines is 1. The van der Waals surface area contributed by atoms with Crippen molar-refractivity contribution in [3.8, 4) is 0 Å². The molecule has 0 bridgehead atoms. The predicted molar refractivity (Wildman–Crippen MR) is 115 cm³/mol. The quantitative estimate of drug-likeness (QED) is 0.436. The number of carbonyl (C=O) groups excluding carboxylic acids is 1. The Morgan fingerprint density at radius 2 is 1.88 bits per heavy atom. The van der Waals surface area contributed by atoms with Crippen LogP contribution in [0.2, 0.25) is 0 Å². The molecule has 1 aromatic heterocycles. The first-order valence-electron chi connectivity index (χ1n) is 9.56. The SMILES string of the molecule is O=C(Nc1cccc([N+](=O)[O-])c1)c1cc(=O)[nH]c2ccc(S(=O)(=O)N3CCOCC3)cc12. The van der Waals surface area contributed by atoms with Crippen molar-refractivity contribution in [1.29, 1.82) is 0 Å². The number of rotatable bonds is 5. The van der Waals surface area contributed by atoms with Crippen molar-refractivity contribution >= 4 is 38.2 Å². The number of sulfonamides is 1. The van der Waals surface area contributed by atoms with Crippen LogP contribution >= 0.6 is 0 Å². The number of hydrogen-bond acceptors (Lipinski definition) is 7. The Hall–Kier alpha value is -3.61. The van der Waals surface area contributed by atoms with Crippen LogP contribution < -0.4 is 10.9 Å². The second kappa shape index (κ2) is 8.49. The van der Waals surface area contributed by atoms with E-state index in [9.17, 15) is 28.1 Å². The van der Waals surface area contributed by atoms with E-state index in [2.05, 4.69) is 10.3 Å². The van der Waals surface area contributed by atoms with Gasteiger partial charge in [0, 0.05) is 47.9 Å². The smallest absolute Gasteiger partial charge is 0.271 e. The van der Waals surface area contributed by atoms with Gasteiger partial charge in [0.05, 0.1) is 28.6 Å². The first kappa shape index (κ1) is 21.6. The summed E-state index contributed by atoms with van der Waals surface area (Å²) in [6, 6.07) is 10.5. The minimum Gasteiger partial charge on any atom is -0.379 e. The van der Waals surface area contributed by atoms with Crippen LogP contribution in [0.1, 0.15) is 10.4 Å². The first-order valence-corrected chi connectivity index (χ1v) is 11.0. The number of aromatic nitrogens is 1. The fraction of sp³-hybridized carbons (Fsp3) is 0.200. The molecule has 1 aliphatic heterocycles. The molecule has 0 saturated carbocycles. The summed E-state index contributed by atoms with van der Waals surface area (Å²) in [6.07, 6.45) is 0. The standard InChI is InChI=1S/C20H18N4O7S/c25-19-12-17(20(26)21-13-2-1-3-14(10-13)24(27)28)16-11-15(4-5-18(16)22-19)32(29,30)23-6-8-31-9-7-23/h1-5,10-12H,6-9H2,(H,21,26)(H,22,25). The van der Waals surface area contributed by atoms with Gasteiger partial charge in [-0.05, 0) is 24.3 Å². The molecule has 11 nitrogen and oxygen atoms in total. The largest absolute Gasteiger partial charge is 0.379 e. The van der Waals surface area contributed by atoms with Gasteiger partial charge in [-0.15, -0.1) is 0 Å². The molecule has 3 aromatic rings. The van der Waals surface area contributed by atoms with Gasteiger partial charge in [-0.1, -0.05) is 6.07 Å². The molecule has 12 heteroatoms. The Kier molecular flexibility index (Phi) is 5.74. The predicted octanol–water partition coefficient (Wildman–Crippen LogP) is 1.71. The molecular formula is C20H18N4O7S. The maximum Gasteiger partial charge on any atom is 0.271 e. The van der Waals surface area contributed by atoms with Crippen LogP contribution in [0.5, 0.6) is 0 Å². The number of morpholine rings is 1. The van der Waals surface area contributed by atoms with Crippen LogP contribution in [-0.4, -0.2) is 54.8 Å². The van der Waals surface area contributed by atoms with E-state index < -0.39 is 26.4 Å². The summed E-state index contributed by atoms with van der Waals surface area (Å²) in [4.78, 5) is 37.9. The van der Waals surface area contributed by atoms with Crippen LogP contribution in [0.4, 0.5) is 11.4 Å². The number of nitrogens with zero attached hydrogens (tertiary/aromatic N) is 2. The lowest BCUT2D eigenvalue weighted by Gasteiger charge is -2.26. The Balaban J connectivity index is 1.74. The number of fused-ring (bicyclic) bond motifs is 1. The van der Waals surface area contributed by atoms with Crippen molar-refractivity contribution < 1.29 is 22.9 Å². The number of carbonyl (C=O) groups is 1. The lowest BCUT2D eigenvalue weighted by molar-refractivity contribution is -0.384. The number of non-ortho nitro benzene ring substituents is 1. The van der Waals surface area contributed by atoms with E-state index in [1.54, 1.807) is 0 Å². The van der Waals surface area contributed by atoms with Crippen LogP contribution in [0, 0.1) is 10.1 Å². The van der Waals surface area contributed by atoms with Crippen molar-refractivity contribution in [1.82, 2.24) is 9.29 Å². The normalized spacial score (nSPS) is 14.9. The molecule has 1 fully saturated rings. The lowest BCUT2D eigenvalue weighted by Crippen LogP contribution is -2.40. The fourth-order valence-electron chi connectivity index (χ4n) is 3.41. The van der Waals surface area contributed by atoms with Gasteiger partial charge in [-0.2, -0.15) is 4.31 Å². The summed E-state index contributed by atoms with van der Waals surface area (Å²) < 4.78 is 32.5. The number of nitro benzene ring substituents is 1. The van der Waals surface area contributed by atoms with Gasteiger partial charge in [-0.3, -0.25) is 19.7 Å². The van der Waals surface area contributed by atoms with Gasteiger partial charge in [0.1, 0.15) is 0 Å². The summed E-state index contributed by atoms with van der Waals surface area (Å²) in [6.45, 7) is 1.01. The highest BCUT2D eigenvalue weighted by atomic mass is 32.2. The number of ether oxygens (including phenoxy) is 1. The average molecular weight is 458 g/mol. The molecule has 0 atom stereocenters. The van der Waals surface area contributed by atoms with Crippen molar-refractivity contribution in [2.75, 3.05) is 31.6 Å². The summed E-state index contributed by atoms with van der Waals surface area (Å²) >= 11 is 0. The number of aromatic amines is 1. The molecule has 0 spiro atoms. The van der Waals surface area contributed by atoms with Gasteiger partial charge < -0.3 is 15.0 Å². The fourth-order valence-corrected chi connectivity index (χ4v) is 4.85. The molecule has 1 saturated heterocycles. The van der Waals surface area contributed by atoms with E-state index in [0.29, 0.717) is 0 Å². The maximum absolute atomic E-state index is 13.0. The first-order chi connectivity index (χ1) is 15.3. The van der Waals surface area contributed by atoms with Gasteiger partial charge in [-0.25, -0.2) is 8.42 Å². The number of hydrogen-bond donors (Lipinski definition) is 2. The molecule has 1 aliphatic rings. The zero-order valence-electron chi connectivity index (χ0n) is 16.6. The molecule has 0 radical (unpaired) electrons. The number of amides is 1. The molecular weight excluding hydrogens is 440 g/mol. The number of nitro groups is 1. The molecule has 2 N–H and O–H groups in total. The molecule has 2 heterocycles. The molecule has 2 aromatic carbocycles. The van der Waals surface area contributed by atoms with Crippen LogP contribution in [0.15, 0.2) is 58.2 Å². The minimum absolute atomic E-state index is 0.0247. The summed E-state index contributed by atoms with van der Waals surface area (Å²) in [5.74, 6) is -0.706. The van der Waals surface area contributed by atoms with Gasteiger partial charge in [0.2, 0.25) is 15.6 Å². The molecule has 32 heavy (non-hydrogen) atoms. The van der Waals surface area contributed by atoms with Crippen molar-refractivity contribution in [2.24, 2.45) is 0 Å². The lowest BCUT2D eigenvalue weighted by atomic mass is 10.1. The average Bonchev–Trinajstić information content (AvgIpc) is 2.78. The number of pyridine rings is 1. The molecule has 166 valence electrons. The van der Waals surface area contributed by atoms with Gasteiger partial charge >= 0.3 is 0 Å². The second-order valence-corrected chi connectivity index (χ2v) is 8.97. The molecule has 0 unspecified atom stereocenters. The van der Waals surface area contributed by atoms with E-state index in [4.69, 9.17) is 4.74 Å². The second-order valence-electron chi connectivity index (χ2n) is 7.03. The number of benzene rings is 2. The zero-order chi connectivity index (χ0) is 22.9. The summed E-state index contributed by atoms with van der Waals surface area (Å²) in [5, 5.41) is 13.7. The van der Waals surface area contributed by atoms with E-state index in [1.165, 1.54) is 46.8 Å². The van der Waals surface area contributed by atoms with Gasteiger partial charge in [0.25, 0.3) is 11.6 Å². The molecule has 4 rings (SSSR count). The van der Waals surface area contributed by atoms with Crippen molar-refractivity contribution in [3.63, 3.8) is 0 Å². The number of H-pyrrole nitrogens is 1. The highest BCUT2D eigenvalue weighted by Gasteiger charge is 2.27. The Labute approximate surface area is 181 Å². The summed E-state index contributed by atoms with van der Waals surface area (Å²) in [5.41, 5.74) is -0.380. The Morgan fingerprint density at radius 3 is 2.59 bits per heavy atom. The van der Waals surface area contributed by atoms with Crippen molar-refractivity contribution in [2.45, 2.75) is 4.90 Å². The maximum atomic E-state index is 13.0. The third-order valence-corrected chi connectivity index (χ3v) is 6.88. The van der Waals surface area contributed by atoms with E-state index >= 15 is 0 Å². The van der Waals surface area contributed by atoms with Crippen LogP contribution in [0.25, 0.3) is 10.9 Å². The van der Waals surface area contributed by atoms with Crippen LogP contribution in [-0.2, 0) is 14.8 Å². The van der Waals surface area contributed by atoms with E-state index in [0.717, 1.165) is 6.07 Å². The van der Waals surface area contributed by atoms with Gasteiger partial charge in [0.15, 0.2) is 0 Å². The third-order valence-electron chi connectivity index (χ3n) is 4.98. The third kappa shape index (κ3) is 4.23. The monoisotopic (exact) mass is 458 g/mol. The van der Waals surface area contributed by atoms with E-state index in [1.807, 2.05) is 0 Å². The highest BCUT2D eigenvalue weighted by molar-refractivity contribution is 7.89.